The number of hydrogen-bond donors (Lipinski definition) is 2. The average Bonchev–Trinajstić information content (AvgIpc) is 2.39. The molecule has 1 aliphatic rings. The molecule has 1 atom stereocenters. The number of aliphatic hydroxyl groups is 1. The van der Waals surface area contributed by atoms with E-state index < -0.39 is 0 Å². The molecular weight excluding hydrogens is 234 g/mol. The lowest BCUT2D eigenvalue weighted by molar-refractivity contribution is 0.0925. The van der Waals surface area contributed by atoms with Gasteiger partial charge in [-0.25, -0.2) is 0 Å². The van der Waals surface area contributed by atoms with Gasteiger partial charge in [-0.15, -0.1) is 0 Å². The summed E-state index contributed by atoms with van der Waals surface area (Å²) in [4.78, 5) is 0. The molecule has 0 amide bonds. The Morgan fingerprint density at radius 3 is 2.37 bits per heavy atom. The predicted octanol–water partition coefficient (Wildman–Crippen LogP) is 3.32. The Hall–Kier alpha value is -0.860. The van der Waals surface area contributed by atoms with Crippen LogP contribution in [0.4, 0.5) is 0 Å². The second-order valence-corrected chi connectivity index (χ2v) is 5.83. The highest BCUT2D eigenvalue weighted by atomic mass is 16.3. The zero-order valence-electron chi connectivity index (χ0n) is 12.2. The minimum Gasteiger partial charge on any atom is -0.392 e. The standard InChI is InChI=1S/C17H27NO/c1-3-13(4-2)17(19)12-18-16-10-15(11-16)14-8-6-5-7-9-14/h5-9,13,15-19H,3-4,10-12H2,1-2H3. The molecule has 0 saturated heterocycles. The summed E-state index contributed by atoms with van der Waals surface area (Å²) >= 11 is 0. The lowest BCUT2D eigenvalue weighted by Crippen LogP contribution is -2.44. The van der Waals surface area contributed by atoms with Gasteiger partial charge in [-0.05, 0) is 30.2 Å². The van der Waals surface area contributed by atoms with Crippen LogP contribution in [0.2, 0.25) is 0 Å². The maximum absolute atomic E-state index is 10.1. The summed E-state index contributed by atoms with van der Waals surface area (Å²) in [5.74, 6) is 1.15. The molecule has 0 aromatic heterocycles. The Labute approximate surface area is 117 Å². The van der Waals surface area contributed by atoms with E-state index in [1.54, 1.807) is 0 Å². The van der Waals surface area contributed by atoms with E-state index in [9.17, 15) is 5.11 Å². The first-order valence-electron chi connectivity index (χ1n) is 7.71. The second kappa shape index (κ2) is 7.06. The van der Waals surface area contributed by atoms with Crippen molar-refractivity contribution >= 4 is 0 Å². The van der Waals surface area contributed by atoms with Gasteiger partial charge in [0, 0.05) is 12.6 Å². The van der Waals surface area contributed by atoms with E-state index in [2.05, 4.69) is 49.5 Å². The quantitative estimate of drug-likeness (QED) is 0.789. The summed E-state index contributed by atoms with van der Waals surface area (Å²) in [6, 6.07) is 11.3. The Morgan fingerprint density at radius 2 is 1.79 bits per heavy atom. The van der Waals surface area contributed by atoms with Gasteiger partial charge in [-0.2, -0.15) is 0 Å². The van der Waals surface area contributed by atoms with Gasteiger partial charge in [0.2, 0.25) is 0 Å². The Bertz CT molecular complexity index is 355. The topological polar surface area (TPSA) is 32.3 Å². The summed E-state index contributed by atoms with van der Waals surface area (Å²) in [5, 5.41) is 13.6. The Balaban J connectivity index is 1.68. The van der Waals surface area contributed by atoms with Gasteiger partial charge in [0.25, 0.3) is 0 Å². The summed E-state index contributed by atoms with van der Waals surface area (Å²) in [6.45, 7) is 5.07. The number of aliphatic hydroxyl groups excluding tert-OH is 1. The van der Waals surface area contributed by atoms with Crippen molar-refractivity contribution in [3.63, 3.8) is 0 Å². The smallest absolute Gasteiger partial charge is 0.0692 e. The van der Waals surface area contributed by atoms with Crippen LogP contribution < -0.4 is 5.32 Å². The highest BCUT2D eigenvalue weighted by Gasteiger charge is 2.30. The van der Waals surface area contributed by atoms with Crippen LogP contribution >= 0.6 is 0 Å². The van der Waals surface area contributed by atoms with Gasteiger partial charge in [0.15, 0.2) is 0 Å². The lowest BCUT2D eigenvalue weighted by atomic mass is 9.76. The largest absolute Gasteiger partial charge is 0.392 e. The fourth-order valence-corrected chi connectivity index (χ4v) is 3.07. The third kappa shape index (κ3) is 3.80. The van der Waals surface area contributed by atoms with Crippen LogP contribution in [0.15, 0.2) is 30.3 Å². The van der Waals surface area contributed by atoms with Crippen LogP contribution in [0.5, 0.6) is 0 Å². The normalized spacial score (nSPS) is 24.2. The van der Waals surface area contributed by atoms with Crippen LogP contribution in [0.3, 0.4) is 0 Å². The molecule has 19 heavy (non-hydrogen) atoms. The minimum atomic E-state index is -0.189. The van der Waals surface area contributed by atoms with Crippen LogP contribution in [-0.4, -0.2) is 23.8 Å². The summed E-state index contributed by atoms with van der Waals surface area (Å²) in [5.41, 5.74) is 1.46. The van der Waals surface area contributed by atoms with E-state index in [1.807, 2.05) is 0 Å². The van der Waals surface area contributed by atoms with Crippen LogP contribution in [0.1, 0.15) is 51.0 Å². The van der Waals surface area contributed by atoms with Crippen molar-refractivity contribution in [1.29, 1.82) is 0 Å². The second-order valence-electron chi connectivity index (χ2n) is 5.83. The molecule has 0 radical (unpaired) electrons. The van der Waals surface area contributed by atoms with Crippen molar-refractivity contribution in [2.24, 2.45) is 5.92 Å². The molecule has 1 aromatic carbocycles. The van der Waals surface area contributed by atoms with Crippen molar-refractivity contribution in [1.82, 2.24) is 5.32 Å². The van der Waals surface area contributed by atoms with Crippen molar-refractivity contribution < 1.29 is 5.11 Å². The molecule has 0 bridgehead atoms. The summed E-state index contributed by atoms with van der Waals surface area (Å²) < 4.78 is 0. The molecule has 1 aromatic rings. The average molecular weight is 261 g/mol. The van der Waals surface area contributed by atoms with E-state index in [1.165, 1.54) is 18.4 Å². The number of benzene rings is 1. The molecule has 0 aliphatic heterocycles. The highest BCUT2D eigenvalue weighted by molar-refractivity contribution is 5.22. The van der Waals surface area contributed by atoms with E-state index in [4.69, 9.17) is 0 Å². The lowest BCUT2D eigenvalue weighted by Gasteiger charge is -2.37. The van der Waals surface area contributed by atoms with Crippen molar-refractivity contribution in [3.05, 3.63) is 35.9 Å². The van der Waals surface area contributed by atoms with E-state index >= 15 is 0 Å². The predicted molar refractivity (Wildman–Crippen MR) is 80.3 cm³/mol. The zero-order valence-corrected chi connectivity index (χ0v) is 12.2. The SMILES string of the molecule is CCC(CC)C(O)CNC1CC(c2ccccc2)C1. The molecule has 2 nitrogen and oxygen atoms in total. The molecule has 2 heteroatoms. The Morgan fingerprint density at radius 1 is 1.16 bits per heavy atom. The monoisotopic (exact) mass is 261 g/mol. The van der Waals surface area contributed by atoms with Gasteiger partial charge in [-0.3, -0.25) is 0 Å². The third-order valence-corrected chi connectivity index (χ3v) is 4.62. The van der Waals surface area contributed by atoms with Gasteiger partial charge < -0.3 is 10.4 Å². The fraction of sp³-hybridized carbons (Fsp3) is 0.647. The van der Waals surface area contributed by atoms with Gasteiger partial charge in [-0.1, -0.05) is 57.0 Å². The van der Waals surface area contributed by atoms with Crippen LogP contribution in [0, 0.1) is 5.92 Å². The highest BCUT2D eigenvalue weighted by Crippen LogP contribution is 2.36. The summed E-state index contributed by atoms with van der Waals surface area (Å²) in [7, 11) is 0. The van der Waals surface area contributed by atoms with E-state index in [0.717, 1.165) is 19.4 Å². The van der Waals surface area contributed by atoms with Crippen LogP contribution in [-0.2, 0) is 0 Å². The molecule has 0 spiro atoms. The van der Waals surface area contributed by atoms with Crippen LogP contribution in [0.25, 0.3) is 0 Å². The van der Waals surface area contributed by atoms with Crippen molar-refractivity contribution in [2.75, 3.05) is 6.54 Å². The molecule has 1 fully saturated rings. The minimum absolute atomic E-state index is 0.189. The fourth-order valence-electron chi connectivity index (χ4n) is 3.07. The van der Waals surface area contributed by atoms with E-state index in [-0.39, 0.29) is 6.10 Å². The van der Waals surface area contributed by atoms with Crippen molar-refractivity contribution in [2.45, 2.75) is 57.6 Å². The zero-order chi connectivity index (χ0) is 13.7. The van der Waals surface area contributed by atoms with E-state index in [0.29, 0.717) is 17.9 Å². The van der Waals surface area contributed by atoms with Crippen molar-refractivity contribution in [3.8, 4) is 0 Å². The molecule has 0 heterocycles. The molecule has 1 aliphatic carbocycles. The molecular formula is C17H27NO. The number of rotatable bonds is 7. The molecule has 2 rings (SSSR count). The maximum Gasteiger partial charge on any atom is 0.0692 e. The molecule has 1 unspecified atom stereocenters. The first kappa shape index (κ1) is 14.5. The van der Waals surface area contributed by atoms with Gasteiger partial charge in [0.1, 0.15) is 0 Å². The maximum atomic E-state index is 10.1. The molecule has 106 valence electrons. The Kier molecular flexibility index (Phi) is 5.41. The third-order valence-electron chi connectivity index (χ3n) is 4.62. The molecule has 2 N–H and O–H groups in total. The number of hydrogen-bond acceptors (Lipinski definition) is 2. The first-order valence-corrected chi connectivity index (χ1v) is 7.71. The van der Waals surface area contributed by atoms with Gasteiger partial charge in [0.05, 0.1) is 6.10 Å². The summed E-state index contributed by atoms with van der Waals surface area (Å²) in [6.07, 6.45) is 4.36. The first-order chi connectivity index (χ1) is 9.24. The molecule has 1 saturated carbocycles. The number of nitrogens with one attached hydrogen (secondary N) is 1. The van der Waals surface area contributed by atoms with Gasteiger partial charge >= 0.3 is 0 Å².